The predicted octanol–water partition coefficient (Wildman–Crippen LogP) is 2.34. The third-order valence-corrected chi connectivity index (χ3v) is 3.42. The van der Waals surface area contributed by atoms with Crippen molar-refractivity contribution in [2.45, 2.75) is 26.3 Å². The molecule has 0 saturated heterocycles. The minimum Gasteiger partial charge on any atom is -0.493 e. The summed E-state index contributed by atoms with van der Waals surface area (Å²) < 4.78 is 15.5. The van der Waals surface area contributed by atoms with Crippen LogP contribution in [-0.4, -0.2) is 33.8 Å². The fourth-order valence-electron chi connectivity index (χ4n) is 2.05. The van der Waals surface area contributed by atoms with Gasteiger partial charge in [-0.3, -0.25) is 5.32 Å². The van der Waals surface area contributed by atoms with Crippen molar-refractivity contribution < 1.29 is 19.0 Å². The summed E-state index contributed by atoms with van der Waals surface area (Å²) in [5.41, 5.74) is -0.161. The molecule has 0 radical (unpaired) electrons. The van der Waals surface area contributed by atoms with Crippen LogP contribution in [0.1, 0.15) is 26.3 Å². The molecule has 118 valence electrons. The van der Waals surface area contributed by atoms with Crippen LogP contribution in [0.15, 0.2) is 18.2 Å². The van der Waals surface area contributed by atoms with Gasteiger partial charge in [-0.1, -0.05) is 19.9 Å². The lowest BCUT2D eigenvalue weighted by atomic mass is 9.91. The average molecular weight is 295 g/mol. The van der Waals surface area contributed by atoms with Gasteiger partial charge in [-0.05, 0) is 37.1 Å². The summed E-state index contributed by atoms with van der Waals surface area (Å²) in [5.74, 6) is 1.28. The molecule has 0 aliphatic heterocycles. The molecule has 0 aliphatic rings. The minimum atomic E-state index is -0.932. The van der Waals surface area contributed by atoms with Crippen molar-refractivity contribution in [3.8, 4) is 11.5 Å². The SMILES string of the molecule is COC(=O)C(C)(NCC(C)C)c1ccc(OC)c(OC)c1. The van der Waals surface area contributed by atoms with Gasteiger partial charge in [-0.25, -0.2) is 4.79 Å². The molecular formula is C16H25NO4. The van der Waals surface area contributed by atoms with Gasteiger partial charge in [0.1, 0.15) is 5.54 Å². The molecule has 1 aromatic carbocycles. The van der Waals surface area contributed by atoms with Gasteiger partial charge in [0.15, 0.2) is 11.5 Å². The quantitative estimate of drug-likeness (QED) is 0.782. The molecule has 1 unspecified atom stereocenters. The van der Waals surface area contributed by atoms with Crippen LogP contribution >= 0.6 is 0 Å². The number of carbonyl (C=O) groups excluding carboxylic acids is 1. The lowest BCUT2D eigenvalue weighted by Gasteiger charge is -2.30. The largest absolute Gasteiger partial charge is 0.493 e. The maximum atomic E-state index is 12.2. The first kappa shape index (κ1) is 17.3. The highest BCUT2D eigenvalue weighted by atomic mass is 16.5. The number of nitrogens with one attached hydrogen (secondary N) is 1. The van der Waals surface area contributed by atoms with Crippen molar-refractivity contribution in [2.24, 2.45) is 5.92 Å². The fourth-order valence-corrected chi connectivity index (χ4v) is 2.05. The van der Waals surface area contributed by atoms with Gasteiger partial charge in [0.2, 0.25) is 0 Å². The number of carbonyl (C=O) groups is 1. The van der Waals surface area contributed by atoms with E-state index in [0.717, 1.165) is 5.56 Å². The zero-order chi connectivity index (χ0) is 16.0. The second-order valence-electron chi connectivity index (χ2n) is 5.46. The Labute approximate surface area is 126 Å². The molecule has 1 N–H and O–H groups in total. The smallest absolute Gasteiger partial charge is 0.330 e. The molecule has 1 aromatic rings. The monoisotopic (exact) mass is 295 g/mol. The van der Waals surface area contributed by atoms with Crippen LogP contribution < -0.4 is 14.8 Å². The van der Waals surface area contributed by atoms with E-state index in [2.05, 4.69) is 19.2 Å². The Balaban J connectivity index is 3.22. The van der Waals surface area contributed by atoms with Crippen molar-refractivity contribution in [3.63, 3.8) is 0 Å². The van der Waals surface area contributed by atoms with E-state index in [1.165, 1.54) is 7.11 Å². The highest BCUT2D eigenvalue weighted by molar-refractivity contribution is 5.82. The second kappa shape index (κ2) is 7.31. The van der Waals surface area contributed by atoms with Crippen molar-refractivity contribution >= 4 is 5.97 Å². The summed E-state index contributed by atoms with van der Waals surface area (Å²) in [6, 6.07) is 5.42. The maximum absolute atomic E-state index is 12.2. The van der Waals surface area contributed by atoms with E-state index in [4.69, 9.17) is 14.2 Å². The van der Waals surface area contributed by atoms with Gasteiger partial charge in [0, 0.05) is 0 Å². The lowest BCUT2D eigenvalue weighted by molar-refractivity contribution is -0.148. The second-order valence-corrected chi connectivity index (χ2v) is 5.46. The van der Waals surface area contributed by atoms with Gasteiger partial charge in [-0.15, -0.1) is 0 Å². The molecule has 5 nitrogen and oxygen atoms in total. The van der Waals surface area contributed by atoms with Gasteiger partial charge in [-0.2, -0.15) is 0 Å². The highest BCUT2D eigenvalue weighted by Gasteiger charge is 2.36. The molecule has 0 saturated carbocycles. The molecule has 0 amide bonds. The first-order valence-corrected chi connectivity index (χ1v) is 6.95. The van der Waals surface area contributed by atoms with Gasteiger partial charge in [0.25, 0.3) is 0 Å². The Kier molecular flexibility index (Phi) is 6.03. The Morgan fingerprint density at radius 1 is 1.19 bits per heavy atom. The van der Waals surface area contributed by atoms with Crippen LogP contribution in [0.2, 0.25) is 0 Å². The summed E-state index contributed by atoms with van der Waals surface area (Å²) >= 11 is 0. The average Bonchev–Trinajstić information content (AvgIpc) is 2.50. The van der Waals surface area contributed by atoms with Crippen LogP contribution in [0.4, 0.5) is 0 Å². The number of rotatable bonds is 7. The Morgan fingerprint density at radius 3 is 2.29 bits per heavy atom. The van der Waals surface area contributed by atoms with Crippen LogP contribution in [0.3, 0.4) is 0 Å². The lowest BCUT2D eigenvalue weighted by Crippen LogP contribution is -2.48. The molecule has 0 bridgehead atoms. The number of ether oxygens (including phenoxy) is 3. The van der Waals surface area contributed by atoms with E-state index in [-0.39, 0.29) is 5.97 Å². The van der Waals surface area contributed by atoms with Gasteiger partial charge < -0.3 is 14.2 Å². The zero-order valence-corrected chi connectivity index (χ0v) is 13.6. The number of hydrogen-bond donors (Lipinski definition) is 1. The summed E-state index contributed by atoms with van der Waals surface area (Å²) in [5, 5.41) is 3.28. The zero-order valence-electron chi connectivity index (χ0n) is 13.6. The van der Waals surface area contributed by atoms with Crippen LogP contribution in [0, 0.1) is 5.92 Å². The molecule has 0 spiro atoms. The van der Waals surface area contributed by atoms with E-state index in [1.54, 1.807) is 26.4 Å². The summed E-state index contributed by atoms with van der Waals surface area (Å²) in [4.78, 5) is 12.2. The minimum absolute atomic E-state index is 0.338. The standard InChI is InChI=1S/C16H25NO4/c1-11(2)10-17-16(3,15(18)21-6)12-7-8-13(19-4)14(9-12)20-5/h7-9,11,17H,10H2,1-6H3. The summed E-state index contributed by atoms with van der Waals surface area (Å²) in [6.07, 6.45) is 0. The number of benzene rings is 1. The van der Waals surface area contributed by atoms with Crippen molar-refractivity contribution in [3.05, 3.63) is 23.8 Å². The molecule has 1 atom stereocenters. The third kappa shape index (κ3) is 3.88. The third-order valence-electron chi connectivity index (χ3n) is 3.42. The van der Waals surface area contributed by atoms with Gasteiger partial charge >= 0.3 is 5.97 Å². The predicted molar refractivity (Wildman–Crippen MR) is 81.8 cm³/mol. The van der Waals surface area contributed by atoms with E-state index >= 15 is 0 Å². The summed E-state index contributed by atoms with van der Waals surface area (Å²) in [7, 11) is 4.53. The number of methoxy groups -OCH3 is 3. The number of hydrogen-bond acceptors (Lipinski definition) is 5. The Hall–Kier alpha value is -1.75. The molecule has 1 rings (SSSR count). The first-order valence-electron chi connectivity index (χ1n) is 6.95. The highest BCUT2D eigenvalue weighted by Crippen LogP contribution is 2.32. The first-order chi connectivity index (χ1) is 9.88. The Morgan fingerprint density at radius 2 is 1.81 bits per heavy atom. The van der Waals surface area contributed by atoms with Crippen molar-refractivity contribution in [1.29, 1.82) is 0 Å². The molecular weight excluding hydrogens is 270 g/mol. The van der Waals surface area contributed by atoms with E-state index in [9.17, 15) is 4.79 Å². The van der Waals surface area contributed by atoms with E-state index in [1.807, 2.05) is 13.0 Å². The van der Waals surface area contributed by atoms with Crippen LogP contribution in [-0.2, 0) is 15.1 Å². The van der Waals surface area contributed by atoms with Crippen molar-refractivity contribution in [1.82, 2.24) is 5.32 Å². The van der Waals surface area contributed by atoms with E-state index in [0.29, 0.717) is 24.0 Å². The molecule has 0 aromatic heterocycles. The molecule has 0 aliphatic carbocycles. The molecule has 0 heterocycles. The Bertz CT molecular complexity index is 487. The molecule has 21 heavy (non-hydrogen) atoms. The normalized spacial score (nSPS) is 13.7. The van der Waals surface area contributed by atoms with E-state index < -0.39 is 5.54 Å². The molecule has 0 fully saturated rings. The fraction of sp³-hybridized carbons (Fsp3) is 0.562. The summed E-state index contributed by atoms with van der Waals surface area (Å²) in [6.45, 7) is 6.67. The van der Waals surface area contributed by atoms with Crippen LogP contribution in [0.25, 0.3) is 0 Å². The van der Waals surface area contributed by atoms with Crippen molar-refractivity contribution in [2.75, 3.05) is 27.9 Å². The maximum Gasteiger partial charge on any atom is 0.330 e. The van der Waals surface area contributed by atoms with Crippen LogP contribution in [0.5, 0.6) is 11.5 Å². The molecule has 5 heteroatoms. The topological polar surface area (TPSA) is 56.8 Å². The van der Waals surface area contributed by atoms with Gasteiger partial charge in [0.05, 0.1) is 21.3 Å². The number of esters is 1.